The zero-order valence-corrected chi connectivity index (χ0v) is 43.0. The van der Waals surface area contributed by atoms with Crippen molar-refractivity contribution in [1.82, 2.24) is 0 Å². The summed E-state index contributed by atoms with van der Waals surface area (Å²) in [5, 5.41) is 9.56. The van der Waals surface area contributed by atoms with Crippen LogP contribution in [0, 0.1) is 23.7 Å². The van der Waals surface area contributed by atoms with Gasteiger partial charge in [0, 0.05) is 0 Å². The van der Waals surface area contributed by atoms with Crippen molar-refractivity contribution in [1.29, 1.82) is 0 Å². The molecule has 0 fully saturated rings. The molecule has 77 heavy (non-hydrogen) atoms. The Morgan fingerprint density at radius 1 is 0.299 bits per heavy atom. The van der Waals surface area contributed by atoms with Crippen LogP contribution in [0.25, 0.3) is 65.3 Å². The highest BCUT2D eigenvalue weighted by molar-refractivity contribution is 5.99. The van der Waals surface area contributed by atoms with Crippen molar-refractivity contribution in [3.63, 3.8) is 0 Å². The van der Waals surface area contributed by atoms with E-state index in [9.17, 15) is 0 Å². The summed E-state index contributed by atoms with van der Waals surface area (Å²) < 4.78 is 12.0. The Kier molecular flexibility index (Phi) is 11.1. The van der Waals surface area contributed by atoms with E-state index in [-0.39, 0.29) is 0 Å². The van der Waals surface area contributed by atoms with Gasteiger partial charge in [-0.05, 0) is 202 Å². The molecule has 2 aliphatic carbocycles. The third-order valence-corrected chi connectivity index (χ3v) is 16.5. The van der Waals surface area contributed by atoms with Crippen LogP contribution in [0.5, 0.6) is 11.5 Å². The molecule has 0 radical (unpaired) electrons. The molecule has 2 heteroatoms. The Hall–Kier alpha value is -9.60. The summed E-state index contributed by atoms with van der Waals surface area (Å²) in [6.45, 7) is 4.42. The van der Waals surface area contributed by atoms with Crippen LogP contribution in [0.1, 0.15) is 69.5 Å². The van der Waals surface area contributed by atoms with Gasteiger partial charge in [0.15, 0.2) is 0 Å². The second-order valence-electron chi connectivity index (χ2n) is 20.5. The summed E-state index contributed by atoms with van der Waals surface area (Å²) in [5.41, 5.74) is 16.7. The summed E-state index contributed by atoms with van der Waals surface area (Å²) in [6.07, 6.45) is 0.796. The molecule has 14 rings (SSSR count). The van der Waals surface area contributed by atoms with E-state index in [4.69, 9.17) is 9.47 Å². The van der Waals surface area contributed by atoms with E-state index in [1.54, 1.807) is 0 Å². The molecule has 0 heterocycles. The molecule has 0 aromatic heterocycles. The van der Waals surface area contributed by atoms with E-state index in [1.165, 1.54) is 110 Å². The first-order chi connectivity index (χ1) is 38.0. The minimum absolute atomic E-state index is 0.370. The van der Waals surface area contributed by atoms with Gasteiger partial charge in [0.25, 0.3) is 0 Å². The highest BCUT2D eigenvalue weighted by atomic mass is 16.5. The third-order valence-electron chi connectivity index (χ3n) is 16.5. The highest BCUT2D eigenvalue weighted by Crippen LogP contribution is 2.59. The smallest absolute Gasteiger partial charge is 0.149 e. The third kappa shape index (κ3) is 7.44. The van der Waals surface area contributed by atoms with Gasteiger partial charge in [-0.2, -0.15) is 0 Å². The van der Waals surface area contributed by atoms with Crippen LogP contribution in [-0.4, -0.2) is 13.2 Å². The van der Waals surface area contributed by atoms with Gasteiger partial charge in [-0.25, -0.2) is 0 Å². The maximum Gasteiger partial charge on any atom is 0.149 e. The van der Waals surface area contributed by atoms with E-state index in [1.807, 2.05) is 13.8 Å². The molecular formula is C75H52O2. The Morgan fingerprint density at radius 2 is 0.649 bits per heavy atom. The second-order valence-corrected chi connectivity index (χ2v) is 20.5. The number of rotatable bonds is 10. The molecule has 0 bridgehead atoms. The lowest BCUT2D eigenvalue weighted by Gasteiger charge is -2.34. The van der Waals surface area contributed by atoms with Crippen LogP contribution in [0.2, 0.25) is 0 Å². The lowest BCUT2D eigenvalue weighted by Crippen LogP contribution is -2.28. The molecule has 2 aliphatic rings. The van der Waals surface area contributed by atoms with Gasteiger partial charge >= 0.3 is 0 Å². The molecule has 0 saturated carbocycles. The van der Waals surface area contributed by atoms with Crippen molar-refractivity contribution in [3.8, 4) is 57.4 Å². The molecule has 0 spiro atoms. The van der Waals surface area contributed by atoms with E-state index < -0.39 is 10.8 Å². The summed E-state index contributed by atoms with van der Waals surface area (Å²) in [6, 6.07) is 91.0. The van der Waals surface area contributed by atoms with Gasteiger partial charge in [0.2, 0.25) is 0 Å². The lowest BCUT2D eigenvalue weighted by atomic mass is 9.67. The van der Waals surface area contributed by atoms with Crippen molar-refractivity contribution in [3.05, 3.63) is 298 Å². The summed E-state index contributed by atoms with van der Waals surface area (Å²) >= 11 is 0. The van der Waals surface area contributed by atoms with Crippen LogP contribution in [-0.2, 0) is 17.3 Å². The zero-order chi connectivity index (χ0) is 51.5. The number of fused-ring (bicyclic) bond motifs is 10. The highest BCUT2D eigenvalue weighted by Gasteiger charge is 2.48. The van der Waals surface area contributed by atoms with Crippen LogP contribution >= 0.6 is 0 Å². The second kappa shape index (κ2) is 18.7. The standard InChI is InChI=1S/C75H52O2/c1-3-5-39-76-64-37-29-56-42-62(35-27-58(56)44-64)74(70-21-13-11-19-66(70)68-46-52-15-7-9-17-54(52)48-72(68)74)60-31-23-50(24-32-60)41-51-25-33-61(34-26-51)75(63-36-28-59-45-65(77-40-6-4-2)38-30-57(59)43-63)71-22-14-12-20-67(71)69-47-53-16-8-10-18-55(53)49-73(69)75/h7-38,42-49H,39-41H2,1-2H3. The summed E-state index contributed by atoms with van der Waals surface area (Å²) in [4.78, 5) is 0. The van der Waals surface area contributed by atoms with E-state index in [0.717, 1.165) is 28.7 Å². The Balaban J connectivity index is 0.868. The van der Waals surface area contributed by atoms with Gasteiger partial charge in [0.05, 0.1) is 10.8 Å². The predicted molar refractivity (Wildman–Crippen MR) is 318 cm³/mol. The first kappa shape index (κ1) is 46.0. The normalized spacial score (nSPS) is 15.7. The molecular weight excluding hydrogens is 933 g/mol. The van der Waals surface area contributed by atoms with Crippen molar-refractivity contribution in [2.45, 2.75) is 31.1 Å². The molecule has 12 aromatic carbocycles. The van der Waals surface area contributed by atoms with Crippen molar-refractivity contribution in [2.24, 2.45) is 0 Å². The summed E-state index contributed by atoms with van der Waals surface area (Å²) in [7, 11) is 0. The largest absolute Gasteiger partial charge is 0.481 e. The number of hydrogen-bond donors (Lipinski definition) is 0. The fourth-order valence-corrected chi connectivity index (χ4v) is 13.0. The lowest BCUT2D eigenvalue weighted by molar-refractivity contribution is 0.370. The number of benzene rings is 12. The monoisotopic (exact) mass is 984 g/mol. The van der Waals surface area contributed by atoms with Crippen molar-refractivity contribution in [2.75, 3.05) is 13.2 Å². The van der Waals surface area contributed by atoms with Gasteiger partial charge in [0.1, 0.15) is 24.7 Å². The zero-order valence-electron chi connectivity index (χ0n) is 43.0. The van der Waals surface area contributed by atoms with E-state index in [0.29, 0.717) is 13.2 Å². The SMILES string of the molecule is CC#CCOc1ccc2cc(C3(c4ccc(Cc5ccc(C6(c7ccc8cc(OCC#CC)ccc8c7)c7ccccc7-c7cc8ccccc8cc76)cc5)cc4)c4ccccc4-c4cc5ccccc5cc43)ccc2c1. The molecule has 2 nitrogen and oxygen atoms in total. The van der Waals surface area contributed by atoms with Gasteiger partial charge in [-0.15, -0.1) is 11.8 Å². The average molecular weight is 985 g/mol. The maximum atomic E-state index is 6.00. The fraction of sp³-hybridized carbons (Fsp3) is 0.0933. The Labute approximate surface area is 450 Å². The van der Waals surface area contributed by atoms with Crippen molar-refractivity contribution < 1.29 is 9.47 Å². The quantitative estimate of drug-likeness (QED) is 0.127. The first-order valence-electron chi connectivity index (χ1n) is 26.6. The van der Waals surface area contributed by atoms with Crippen LogP contribution in [0.3, 0.4) is 0 Å². The fourth-order valence-electron chi connectivity index (χ4n) is 13.0. The van der Waals surface area contributed by atoms with Gasteiger partial charge < -0.3 is 9.47 Å². The van der Waals surface area contributed by atoms with Crippen LogP contribution in [0.4, 0.5) is 0 Å². The molecule has 2 atom stereocenters. The minimum atomic E-state index is -0.563. The molecule has 2 unspecified atom stereocenters. The van der Waals surface area contributed by atoms with E-state index >= 15 is 0 Å². The minimum Gasteiger partial charge on any atom is -0.481 e. The molecule has 0 amide bonds. The summed E-state index contributed by atoms with van der Waals surface area (Å²) in [5.74, 6) is 13.6. The molecule has 0 N–H and O–H groups in total. The average Bonchev–Trinajstić information content (AvgIpc) is 4.11. The Bertz CT molecular complexity index is 4180. The topological polar surface area (TPSA) is 18.5 Å². The molecule has 12 aromatic rings. The van der Waals surface area contributed by atoms with Crippen LogP contribution in [0.15, 0.2) is 243 Å². The molecule has 0 aliphatic heterocycles. The van der Waals surface area contributed by atoms with Crippen molar-refractivity contribution >= 4 is 43.1 Å². The Morgan fingerprint density at radius 3 is 1.08 bits per heavy atom. The van der Waals surface area contributed by atoms with Gasteiger partial charge in [-0.3, -0.25) is 0 Å². The molecule has 364 valence electrons. The first-order valence-corrected chi connectivity index (χ1v) is 26.6. The number of ether oxygens (including phenoxy) is 2. The van der Waals surface area contributed by atoms with Crippen LogP contribution < -0.4 is 9.47 Å². The van der Waals surface area contributed by atoms with E-state index in [2.05, 4.69) is 266 Å². The maximum absolute atomic E-state index is 6.00. The predicted octanol–water partition coefficient (Wildman–Crippen LogP) is 17.4. The number of hydrogen-bond acceptors (Lipinski definition) is 2. The molecule has 0 saturated heterocycles. The van der Waals surface area contributed by atoms with Gasteiger partial charge in [-0.1, -0.05) is 194 Å².